The van der Waals surface area contributed by atoms with Gasteiger partial charge in [-0.15, -0.1) is 11.3 Å². The number of carboxylic acid groups (broad SMARTS) is 1. The average Bonchev–Trinajstić information content (AvgIpc) is 3.70. The number of thiocarbonyl (C=S) groups is 1. The first-order chi connectivity index (χ1) is 28.2. The van der Waals surface area contributed by atoms with Gasteiger partial charge in [0.15, 0.2) is 11.5 Å². The molecule has 58 heavy (non-hydrogen) atoms. The Bertz CT molecular complexity index is 2740. The van der Waals surface area contributed by atoms with Gasteiger partial charge in [0.05, 0.1) is 15.9 Å². The monoisotopic (exact) mass is 823 g/mol. The number of benzene rings is 5. The molecule has 3 heterocycles. The highest BCUT2D eigenvalue weighted by Gasteiger charge is 2.33. The quantitative estimate of drug-likeness (QED) is 0.0963. The van der Waals surface area contributed by atoms with Crippen LogP contribution in [-0.2, 0) is 22.6 Å². The summed E-state index contributed by atoms with van der Waals surface area (Å²) in [5, 5.41) is 9.74. The lowest BCUT2D eigenvalue weighted by molar-refractivity contribution is -0.137. The van der Waals surface area contributed by atoms with E-state index in [0.29, 0.717) is 15.4 Å². The Morgan fingerprint density at radius 1 is 0.793 bits per heavy atom. The second-order valence-electron chi connectivity index (χ2n) is 14.2. The van der Waals surface area contributed by atoms with Crippen molar-refractivity contribution < 1.29 is 19.4 Å². The van der Waals surface area contributed by atoms with Crippen LogP contribution in [0.5, 0.6) is 11.5 Å². The van der Waals surface area contributed by atoms with E-state index in [-0.39, 0.29) is 15.5 Å². The van der Waals surface area contributed by atoms with Crippen LogP contribution < -0.4 is 24.4 Å². The molecule has 8 nitrogen and oxygen atoms in total. The molecule has 0 aliphatic carbocycles. The summed E-state index contributed by atoms with van der Waals surface area (Å²) in [4.78, 5) is 43.0. The van der Waals surface area contributed by atoms with Crippen molar-refractivity contribution in [3.8, 4) is 33.8 Å². The van der Waals surface area contributed by atoms with E-state index in [0.717, 1.165) is 90.5 Å². The number of aliphatic carboxylic acids is 1. The molecule has 292 valence electrons. The van der Waals surface area contributed by atoms with Gasteiger partial charge >= 0.3 is 5.97 Å². The number of unbranched alkanes of at least 4 members (excludes halogenated alkanes) is 3. The number of carbonyl (C=O) groups excluding carboxylic acids is 1. The lowest BCUT2D eigenvalue weighted by Crippen LogP contribution is -2.35. The van der Waals surface area contributed by atoms with Crippen molar-refractivity contribution in [2.45, 2.75) is 52.5 Å². The summed E-state index contributed by atoms with van der Waals surface area (Å²) in [5.74, 6) is -0.000322. The van der Waals surface area contributed by atoms with Gasteiger partial charge in [0, 0.05) is 12.2 Å². The Hall–Kier alpha value is -5.75. The van der Waals surface area contributed by atoms with Gasteiger partial charge in [-0.05, 0) is 102 Å². The van der Waals surface area contributed by atoms with Crippen LogP contribution in [0.3, 0.4) is 0 Å². The van der Waals surface area contributed by atoms with Gasteiger partial charge in [-0.2, -0.15) is 0 Å². The predicted molar refractivity (Wildman–Crippen MR) is 240 cm³/mol. The molecule has 1 N–H and O–H groups in total. The molecule has 5 aromatic carbocycles. The summed E-state index contributed by atoms with van der Waals surface area (Å²) < 4.78 is 8.71. The zero-order chi connectivity index (χ0) is 40.3. The Balaban J connectivity index is 1.20. The SMILES string of the molecule is CCCCCCc1ccc(N2c3ccccc3Oc3cc(-c4ccc(/C=c5\s/c(=C6\SC(=S)N(CC)C6=O)n(CC(=O)O)c5=O)c(-c5ccccc5)c4)ccc32)cc1. The molecule has 1 fully saturated rings. The number of thioether (sulfide) groups is 1. The number of amides is 1. The molecule has 0 saturated carbocycles. The maximum Gasteiger partial charge on any atom is 0.323 e. The fraction of sp³-hybridized carbons (Fsp3) is 0.191. The second kappa shape index (κ2) is 17.0. The van der Waals surface area contributed by atoms with Crippen molar-refractivity contribution in [2.24, 2.45) is 0 Å². The molecule has 0 bridgehead atoms. The minimum atomic E-state index is -1.18. The van der Waals surface area contributed by atoms with Crippen LogP contribution in [0, 0.1) is 0 Å². The van der Waals surface area contributed by atoms with E-state index in [1.54, 1.807) is 6.08 Å². The maximum absolute atomic E-state index is 13.9. The van der Waals surface area contributed by atoms with Crippen molar-refractivity contribution in [3.63, 3.8) is 0 Å². The van der Waals surface area contributed by atoms with E-state index in [2.05, 4.69) is 66.4 Å². The number of hydrogen-bond donors (Lipinski definition) is 1. The zero-order valence-electron chi connectivity index (χ0n) is 32.1. The number of para-hydroxylation sites is 2. The summed E-state index contributed by atoms with van der Waals surface area (Å²) in [6.07, 6.45) is 7.79. The van der Waals surface area contributed by atoms with Gasteiger partial charge in [-0.1, -0.05) is 123 Å². The lowest BCUT2D eigenvalue weighted by atomic mass is 9.94. The van der Waals surface area contributed by atoms with E-state index < -0.39 is 18.1 Å². The summed E-state index contributed by atoms with van der Waals surface area (Å²) >= 11 is 7.62. The summed E-state index contributed by atoms with van der Waals surface area (Å²) in [6.45, 7) is 3.86. The molecular formula is C47H41N3O5S3. The first kappa shape index (κ1) is 39.1. The van der Waals surface area contributed by atoms with Crippen LogP contribution in [0.2, 0.25) is 0 Å². The number of carboxylic acids is 1. The van der Waals surface area contributed by atoms with Gasteiger partial charge in [-0.25, -0.2) is 0 Å². The molecule has 0 atom stereocenters. The number of hydrogen-bond acceptors (Lipinski definition) is 8. The third-order valence-corrected chi connectivity index (χ3v) is 13.1. The smallest absolute Gasteiger partial charge is 0.323 e. The average molecular weight is 824 g/mol. The Morgan fingerprint density at radius 2 is 1.52 bits per heavy atom. The number of aromatic nitrogens is 1. The van der Waals surface area contributed by atoms with Gasteiger partial charge < -0.3 is 14.7 Å². The molecule has 2 aliphatic rings. The highest BCUT2D eigenvalue weighted by atomic mass is 32.2. The number of anilines is 3. The van der Waals surface area contributed by atoms with Gasteiger partial charge in [-0.3, -0.25) is 23.9 Å². The molecule has 8 rings (SSSR count). The van der Waals surface area contributed by atoms with Gasteiger partial charge in [0.25, 0.3) is 11.5 Å². The second-order valence-corrected chi connectivity index (χ2v) is 16.9. The van der Waals surface area contributed by atoms with Crippen molar-refractivity contribution in [2.75, 3.05) is 11.4 Å². The molecule has 1 aromatic heterocycles. The normalized spacial score (nSPS) is 14.8. The number of rotatable bonds is 12. The number of ether oxygens (including phenoxy) is 1. The molecule has 1 saturated heterocycles. The molecule has 6 aromatic rings. The van der Waals surface area contributed by atoms with Gasteiger partial charge in [0.1, 0.15) is 20.4 Å². The summed E-state index contributed by atoms with van der Waals surface area (Å²) in [6, 6.07) is 39.2. The minimum Gasteiger partial charge on any atom is -0.480 e. The number of carbonyl (C=O) groups is 2. The van der Waals surface area contributed by atoms with Gasteiger partial charge in [0.2, 0.25) is 0 Å². The molecule has 1 amide bonds. The van der Waals surface area contributed by atoms with E-state index in [1.165, 1.54) is 36.1 Å². The molecule has 11 heteroatoms. The van der Waals surface area contributed by atoms with Crippen molar-refractivity contribution in [1.82, 2.24) is 9.47 Å². The van der Waals surface area contributed by atoms with Crippen LogP contribution >= 0.6 is 35.3 Å². The van der Waals surface area contributed by atoms with Crippen molar-refractivity contribution >= 4 is 79.6 Å². The van der Waals surface area contributed by atoms with Crippen LogP contribution in [0.25, 0.3) is 33.2 Å². The fourth-order valence-electron chi connectivity index (χ4n) is 7.42. The molecule has 0 unspecified atom stereocenters. The third-order valence-electron chi connectivity index (χ3n) is 10.4. The fourth-order valence-corrected chi connectivity index (χ4v) is 10.1. The summed E-state index contributed by atoms with van der Waals surface area (Å²) in [7, 11) is 0. The molecule has 0 spiro atoms. The highest BCUT2D eigenvalue weighted by Crippen LogP contribution is 2.51. The van der Waals surface area contributed by atoms with Crippen LogP contribution in [0.4, 0.5) is 17.1 Å². The van der Waals surface area contributed by atoms with Crippen LogP contribution in [0.15, 0.2) is 120 Å². The van der Waals surface area contributed by atoms with Crippen LogP contribution in [0.1, 0.15) is 50.7 Å². The zero-order valence-corrected chi connectivity index (χ0v) is 34.6. The topological polar surface area (TPSA) is 92.1 Å². The standard InChI is InChI=1S/C47H41N3O5S3/c1-3-5-6-8-13-30-18-23-35(24-19-30)50-37-16-11-12-17-39(37)55-40-27-33(22-25-38(40)50)32-20-21-34(36(26-32)31-14-9-7-10-15-31)28-41-44(53)49(29-42(51)52)46(57-41)43-45(54)48(4-2)47(56)58-43/h7,9-12,14-28H,3-6,8,13,29H2,1-2H3,(H,51,52)/b41-28-,46-43-. The number of aryl methyl sites for hydroxylation is 1. The predicted octanol–water partition coefficient (Wildman–Crippen LogP) is 9.84. The first-order valence-corrected chi connectivity index (χ1v) is 21.5. The molecule has 2 aliphatic heterocycles. The number of thiazole rings is 1. The largest absolute Gasteiger partial charge is 0.480 e. The number of fused-ring (bicyclic) bond motifs is 2. The summed E-state index contributed by atoms with van der Waals surface area (Å²) in [5.41, 5.74) is 8.34. The molecular weight excluding hydrogens is 783 g/mol. The van der Waals surface area contributed by atoms with E-state index in [9.17, 15) is 19.5 Å². The highest BCUT2D eigenvalue weighted by molar-refractivity contribution is 8.30. The third kappa shape index (κ3) is 7.77. The van der Waals surface area contributed by atoms with Crippen LogP contribution in [-0.4, -0.2) is 37.3 Å². The van der Waals surface area contributed by atoms with E-state index in [4.69, 9.17) is 17.0 Å². The number of nitrogens with zero attached hydrogens (tertiary/aromatic N) is 3. The minimum absolute atomic E-state index is 0.263. The molecule has 0 radical (unpaired) electrons. The van der Waals surface area contributed by atoms with Crippen molar-refractivity contribution in [3.05, 3.63) is 146 Å². The maximum atomic E-state index is 13.9. The van der Waals surface area contributed by atoms with E-state index in [1.807, 2.05) is 67.6 Å². The van der Waals surface area contributed by atoms with E-state index >= 15 is 0 Å². The Kier molecular flexibility index (Phi) is 11.5. The van der Waals surface area contributed by atoms with Crippen molar-refractivity contribution in [1.29, 1.82) is 0 Å². The Morgan fingerprint density at radius 3 is 2.26 bits per heavy atom. The first-order valence-electron chi connectivity index (χ1n) is 19.4. The Labute approximate surface area is 350 Å². The lowest BCUT2D eigenvalue weighted by Gasteiger charge is -2.33.